The van der Waals surface area contributed by atoms with E-state index >= 15 is 0 Å². The van der Waals surface area contributed by atoms with Gasteiger partial charge in [0, 0.05) is 19.0 Å². The molecule has 2 aromatic rings. The lowest BCUT2D eigenvalue weighted by molar-refractivity contribution is 0.0364. The molecular weight excluding hydrogens is 304 g/mol. The third kappa shape index (κ3) is 2.62. The summed E-state index contributed by atoms with van der Waals surface area (Å²) < 4.78 is 19.4. The highest BCUT2D eigenvalue weighted by molar-refractivity contribution is 5.67. The fraction of sp³-hybridized carbons (Fsp3) is 0.526. The van der Waals surface area contributed by atoms with Gasteiger partial charge in [0.15, 0.2) is 0 Å². The Bertz CT molecular complexity index is 725. The molecular formula is C19H24N2O3. The van der Waals surface area contributed by atoms with E-state index in [2.05, 4.69) is 21.7 Å². The van der Waals surface area contributed by atoms with E-state index in [0.717, 1.165) is 30.0 Å². The molecule has 24 heavy (non-hydrogen) atoms. The Morgan fingerprint density at radius 1 is 1.25 bits per heavy atom. The number of nitrogens with zero attached hydrogens (tertiary/aromatic N) is 2. The molecule has 1 aliphatic carbocycles. The lowest BCUT2D eigenvalue weighted by Crippen LogP contribution is -2.25. The van der Waals surface area contributed by atoms with E-state index in [4.69, 9.17) is 14.2 Å². The van der Waals surface area contributed by atoms with Crippen LogP contribution in [0, 0.1) is 0 Å². The quantitative estimate of drug-likeness (QED) is 0.846. The first-order chi connectivity index (χ1) is 11.8. The summed E-state index contributed by atoms with van der Waals surface area (Å²) in [5, 5.41) is 0. The number of fused-ring (bicyclic) bond motifs is 1. The largest absolute Gasteiger partial charge is 0.496 e. The highest BCUT2D eigenvalue weighted by atomic mass is 16.5. The standard InChI is InChI=1S/C19H24N2O3/c1-3-24-18-12-23-11-16(18)21-8-7-20-19(21)15-9-13-5-4-6-14(13)10-17(15)22-2/h7-10,16,18H,3-6,11-12H2,1-2H3/t16-,18-/m0/s1. The number of rotatable bonds is 5. The normalized spacial score (nSPS) is 22.8. The molecule has 2 aliphatic rings. The Morgan fingerprint density at radius 2 is 2.08 bits per heavy atom. The molecule has 2 heterocycles. The summed E-state index contributed by atoms with van der Waals surface area (Å²) in [5.41, 5.74) is 3.89. The predicted molar refractivity (Wildman–Crippen MR) is 91.5 cm³/mol. The fourth-order valence-corrected chi connectivity index (χ4v) is 3.89. The van der Waals surface area contributed by atoms with Crippen LogP contribution in [0.2, 0.25) is 0 Å². The van der Waals surface area contributed by atoms with Gasteiger partial charge in [-0.1, -0.05) is 0 Å². The zero-order valence-electron chi connectivity index (χ0n) is 14.3. The van der Waals surface area contributed by atoms with Crippen molar-refractivity contribution in [2.45, 2.75) is 38.3 Å². The van der Waals surface area contributed by atoms with Gasteiger partial charge in [-0.3, -0.25) is 0 Å². The van der Waals surface area contributed by atoms with Gasteiger partial charge in [0.25, 0.3) is 0 Å². The highest BCUT2D eigenvalue weighted by Crippen LogP contribution is 2.37. The average Bonchev–Trinajstić information content (AvgIpc) is 3.33. The lowest BCUT2D eigenvalue weighted by atomic mass is 10.0. The number of aryl methyl sites for hydroxylation is 2. The molecule has 0 N–H and O–H groups in total. The van der Waals surface area contributed by atoms with E-state index in [0.29, 0.717) is 19.8 Å². The Labute approximate surface area is 142 Å². The van der Waals surface area contributed by atoms with Crippen molar-refractivity contribution in [3.8, 4) is 17.1 Å². The summed E-state index contributed by atoms with van der Waals surface area (Å²) >= 11 is 0. The molecule has 0 radical (unpaired) electrons. The van der Waals surface area contributed by atoms with Gasteiger partial charge in [0.05, 0.1) is 31.9 Å². The van der Waals surface area contributed by atoms with Crippen molar-refractivity contribution >= 4 is 0 Å². The van der Waals surface area contributed by atoms with Crippen LogP contribution in [0.15, 0.2) is 24.5 Å². The molecule has 0 bridgehead atoms. The molecule has 1 aliphatic heterocycles. The van der Waals surface area contributed by atoms with E-state index in [1.165, 1.54) is 17.5 Å². The van der Waals surface area contributed by atoms with Gasteiger partial charge in [-0.25, -0.2) is 4.98 Å². The molecule has 1 aromatic heterocycles. The van der Waals surface area contributed by atoms with Gasteiger partial charge in [-0.2, -0.15) is 0 Å². The van der Waals surface area contributed by atoms with Crippen molar-refractivity contribution < 1.29 is 14.2 Å². The van der Waals surface area contributed by atoms with Crippen LogP contribution in [0.1, 0.15) is 30.5 Å². The van der Waals surface area contributed by atoms with Crippen molar-refractivity contribution in [1.29, 1.82) is 0 Å². The summed E-state index contributed by atoms with van der Waals surface area (Å²) in [6.45, 7) is 4.00. The minimum atomic E-state index is 0.0726. The van der Waals surface area contributed by atoms with E-state index < -0.39 is 0 Å². The van der Waals surface area contributed by atoms with Gasteiger partial charge in [0.2, 0.25) is 0 Å². The summed E-state index contributed by atoms with van der Waals surface area (Å²) in [6.07, 6.45) is 7.45. The van der Waals surface area contributed by atoms with Crippen LogP contribution < -0.4 is 4.74 Å². The van der Waals surface area contributed by atoms with Crippen molar-refractivity contribution in [2.75, 3.05) is 26.9 Å². The molecule has 0 amide bonds. The molecule has 0 saturated carbocycles. The average molecular weight is 328 g/mol. The Balaban J connectivity index is 1.75. The van der Waals surface area contributed by atoms with Crippen molar-refractivity contribution in [3.63, 3.8) is 0 Å². The molecule has 5 heteroatoms. The van der Waals surface area contributed by atoms with Crippen molar-refractivity contribution in [2.24, 2.45) is 0 Å². The Hall–Kier alpha value is -1.85. The first-order valence-corrected chi connectivity index (χ1v) is 8.74. The van der Waals surface area contributed by atoms with E-state index in [1.54, 1.807) is 7.11 Å². The molecule has 0 spiro atoms. The minimum Gasteiger partial charge on any atom is -0.496 e. The van der Waals surface area contributed by atoms with E-state index in [9.17, 15) is 0 Å². The Morgan fingerprint density at radius 3 is 2.88 bits per heavy atom. The smallest absolute Gasteiger partial charge is 0.144 e. The summed E-state index contributed by atoms with van der Waals surface area (Å²) in [6, 6.07) is 4.59. The third-order valence-corrected chi connectivity index (χ3v) is 5.06. The maximum Gasteiger partial charge on any atom is 0.144 e. The number of hydrogen-bond donors (Lipinski definition) is 0. The van der Waals surface area contributed by atoms with Crippen molar-refractivity contribution in [1.82, 2.24) is 9.55 Å². The second kappa shape index (κ2) is 6.57. The molecule has 1 fully saturated rings. The fourth-order valence-electron chi connectivity index (χ4n) is 3.89. The molecule has 128 valence electrons. The van der Waals surface area contributed by atoms with Crippen LogP contribution in [0.3, 0.4) is 0 Å². The Kier molecular flexibility index (Phi) is 4.29. The first kappa shape index (κ1) is 15.7. The van der Waals surface area contributed by atoms with Crippen LogP contribution in [-0.2, 0) is 22.3 Å². The number of methoxy groups -OCH3 is 1. The number of ether oxygens (including phenoxy) is 3. The highest BCUT2D eigenvalue weighted by Gasteiger charge is 2.32. The van der Waals surface area contributed by atoms with Gasteiger partial charge >= 0.3 is 0 Å². The number of hydrogen-bond acceptors (Lipinski definition) is 4. The second-order valence-electron chi connectivity index (χ2n) is 6.43. The van der Waals surface area contributed by atoms with Gasteiger partial charge in [-0.15, -0.1) is 0 Å². The second-order valence-corrected chi connectivity index (χ2v) is 6.43. The molecule has 4 rings (SSSR count). The topological polar surface area (TPSA) is 45.5 Å². The SMILES string of the molecule is CCO[C@H]1COC[C@@H]1n1ccnc1-c1cc2c(cc1OC)CCC2. The predicted octanol–water partition coefficient (Wildman–Crippen LogP) is 3.02. The number of benzene rings is 1. The molecule has 2 atom stereocenters. The molecule has 1 aromatic carbocycles. The van der Waals surface area contributed by atoms with Crippen LogP contribution >= 0.6 is 0 Å². The summed E-state index contributed by atoms with van der Waals surface area (Å²) in [4.78, 5) is 4.63. The summed E-state index contributed by atoms with van der Waals surface area (Å²) in [5.74, 6) is 1.83. The zero-order valence-corrected chi connectivity index (χ0v) is 14.3. The monoisotopic (exact) mass is 328 g/mol. The maximum absolute atomic E-state index is 5.86. The van der Waals surface area contributed by atoms with Crippen LogP contribution in [-0.4, -0.2) is 42.6 Å². The molecule has 1 saturated heterocycles. The number of aromatic nitrogens is 2. The lowest BCUT2D eigenvalue weighted by Gasteiger charge is -2.22. The van der Waals surface area contributed by atoms with E-state index in [1.807, 2.05) is 19.3 Å². The van der Waals surface area contributed by atoms with Crippen LogP contribution in [0.4, 0.5) is 0 Å². The van der Waals surface area contributed by atoms with E-state index in [-0.39, 0.29) is 12.1 Å². The van der Waals surface area contributed by atoms with Crippen LogP contribution in [0.25, 0.3) is 11.4 Å². The van der Waals surface area contributed by atoms with Crippen LogP contribution in [0.5, 0.6) is 5.75 Å². The summed E-state index contributed by atoms with van der Waals surface area (Å²) in [7, 11) is 1.73. The number of imidazole rings is 1. The van der Waals surface area contributed by atoms with Gasteiger partial charge in [-0.05, 0) is 49.4 Å². The molecule has 0 unspecified atom stereocenters. The van der Waals surface area contributed by atoms with Crippen molar-refractivity contribution in [3.05, 3.63) is 35.7 Å². The minimum absolute atomic E-state index is 0.0726. The third-order valence-electron chi connectivity index (χ3n) is 5.06. The maximum atomic E-state index is 5.86. The van der Waals surface area contributed by atoms with Gasteiger partial charge in [0.1, 0.15) is 17.7 Å². The first-order valence-electron chi connectivity index (χ1n) is 8.74. The van der Waals surface area contributed by atoms with Gasteiger partial charge < -0.3 is 18.8 Å². The molecule has 5 nitrogen and oxygen atoms in total. The zero-order chi connectivity index (χ0) is 16.5.